The van der Waals surface area contributed by atoms with Crippen molar-refractivity contribution in [2.75, 3.05) is 13.2 Å². The molecule has 0 aliphatic heterocycles. The number of fused-ring (bicyclic) bond motifs is 1. The van der Waals surface area contributed by atoms with Crippen molar-refractivity contribution in [3.63, 3.8) is 0 Å². The van der Waals surface area contributed by atoms with E-state index in [4.69, 9.17) is 5.11 Å². The fourth-order valence-electron chi connectivity index (χ4n) is 2.61. The highest BCUT2D eigenvalue weighted by atomic mass is 16.3. The smallest absolute Gasteiger partial charge is 0.267 e. The van der Waals surface area contributed by atoms with Crippen LogP contribution in [0.4, 0.5) is 0 Å². The second-order valence-corrected chi connectivity index (χ2v) is 5.75. The monoisotopic (exact) mass is 286 g/mol. The van der Waals surface area contributed by atoms with Gasteiger partial charge in [0.2, 0.25) is 0 Å². The van der Waals surface area contributed by atoms with Crippen molar-refractivity contribution in [1.29, 1.82) is 0 Å². The highest BCUT2D eigenvalue weighted by Gasteiger charge is 2.41. The molecule has 1 aliphatic rings. The summed E-state index contributed by atoms with van der Waals surface area (Å²) in [5.74, 6) is -0.276. The minimum Gasteiger partial charge on any atom is -0.396 e. The van der Waals surface area contributed by atoms with Gasteiger partial charge in [0.1, 0.15) is 5.69 Å². The van der Waals surface area contributed by atoms with Gasteiger partial charge in [-0.1, -0.05) is 12.1 Å². The van der Waals surface area contributed by atoms with Gasteiger partial charge in [-0.15, -0.1) is 0 Å². The number of carbonyl (C=O) groups is 1. The van der Waals surface area contributed by atoms with E-state index in [-0.39, 0.29) is 29.1 Å². The Morgan fingerprint density at radius 1 is 1.33 bits per heavy atom. The van der Waals surface area contributed by atoms with Crippen LogP contribution in [0.15, 0.2) is 35.1 Å². The van der Waals surface area contributed by atoms with Crippen molar-refractivity contribution >= 4 is 16.8 Å². The molecule has 1 amide bonds. The molecule has 2 aromatic rings. The first-order valence-electron chi connectivity index (χ1n) is 7.15. The Morgan fingerprint density at radius 3 is 2.81 bits per heavy atom. The van der Waals surface area contributed by atoms with Crippen molar-refractivity contribution in [2.45, 2.75) is 19.3 Å². The van der Waals surface area contributed by atoms with E-state index >= 15 is 0 Å². The first-order chi connectivity index (χ1) is 10.1. The molecular formula is C16H18N2O3. The Morgan fingerprint density at radius 2 is 2.10 bits per heavy atom. The van der Waals surface area contributed by atoms with E-state index in [1.165, 1.54) is 6.07 Å². The number of amides is 1. The van der Waals surface area contributed by atoms with Crippen LogP contribution in [0.2, 0.25) is 0 Å². The number of nitrogens with one attached hydrogen (secondary N) is 2. The number of para-hydroxylation sites is 1. The lowest BCUT2D eigenvalue weighted by Gasteiger charge is -2.14. The second kappa shape index (κ2) is 5.33. The Balaban J connectivity index is 1.77. The van der Waals surface area contributed by atoms with Crippen LogP contribution in [0, 0.1) is 5.41 Å². The van der Waals surface area contributed by atoms with Gasteiger partial charge in [0, 0.05) is 30.1 Å². The first kappa shape index (κ1) is 13.8. The summed E-state index contributed by atoms with van der Waals surface area (Å²) >= 11 is 0. The number of H-pyrrole nitrogens is 1. The van der Waals surface area contributed by atoms with E-state index in [0.29, 0.717) is 23.9 Å². The standard InChI is InChI=1S/C16H18N2O3/c19-8-7-16(5-6-16)10-17-15(21)13-9-14(20)11-3-1-2-4-12(11)18-13/h1-4,9,19H,5-8,10H2,(H,17,21)(H,18,20). The molecule has 0 spiro atoms. The minimum atomic E-state index is -0.276. The quantitative estimate of drug-likeness (QED) is 0.777. The zero-order valence-corrected chi connectivity index (χ0v) is 11.7. The largest absolute Gasteiger partial charge is 0.396 e. The molecule has 5 heteroatoms. The molecule has 21 heavy (non-hydrogen) atoms. The molecule has 1 aromatic heterocycles. The average Bonchev–Trinajstić information content (AvgIpc) is 3.25. The highest BCUT2D eigenvalue weighted by molar-refractivity contribution is 5.94. The SMILES string of the molecule is O=C(NCC1(CCO)CC1)c1cc(=O)c2ccccc2[nH]1. The maximum absolute atomic E-state index is 12.2. The minimum absolute atomic E-state index is 0.0571. The zero-order chi connectivity index (χ0) is 14.9. The van der Waals surface area contributed by atoms with Crippen molar-refractivity contribution in [2.24, 2.45) is 5.41 Å². The summed E-state index contributed by atoms with van der Waals surface area (Å²) < 4.78 is 0. The van der Waals surface area contributed by atoms with Gasteiger partial charge in [-0.2, -0.15) is 0 Å². The Kier molecular flexibility index (Phi) is 3.51. The molecule has 1 aliphatic carbocycles. The maximum Gasteiger partial charge on any atom is 0.267 e. The van der Waals surface area contributed by atoms with Gasteiger partial charge < -0.3 is 15.4 Å². The van der Waals surface area contributed by atoms with Crippen molar-refractivity contribution in [3.05, 3.63) is 46.2 Å². The molecule has 1 fully saturated rings. The number of benzene rings is 1. The third-order valence-electron chi connectivity index (χ3n) is 4.21. The lowest BCUT2D eigenvalue weighted by atomic mass is 10.0. The van der Waals surface area contributed by atoms with Gasteiger partial charge in [0.05, 0.1) is 0 Å². The van der Waals surface area contributed by atoms with Crippen LogP contribution in [-0.2, 0) is 0 Å². The summed E-state index contributed by atoms with van der Waals surface area (Å²) in [5, 5.41) is 12.5. The number of pyridine rings is 1. The molecule has 1 saturated carbocycles. The molecule has 3 rings (SSSR count). The van der Waals surface area contributed by atoms with Gasteiger partial charge in [0.25, 0.3) is 5.91 Å². The summed E-state index contributed by atoms with van der Waals surface area (Å²) in [6.45, 7) is 0.684. The summed E-state index contributed by atoms with van der Waals surface area (Å²) in [5.41, 5.74) is 0.831. The number of carbonyl (C=O) groups excluding carboxylic acids is 1. The van der Waals surface area contributed by atoms with Gasteiger partial charge in [-0.05, 0) is 36.8 Å². The predicted molar refractivity (Wildman–Crippen MR) is 80.3 cm³/mol. The Labute approximate surface area is 122 Å². The van der Waals surface area contributed by atoms with Crippen LogP contribution in [0.5, 0.6) is 0 Å². The molecule has 5 nitrogen and oxygen atoms in total. The average molecular weight is 286 g/mol. The normalized spacial score (nSPS) is 15.9. The number of hydrogen-bond acceptors (Lipinski definition) is 3. The molecule has 0 unspecified atom stereocenters. The molecule has 0 atom stereocenters. The van der Waals surface area contributed by atoms with E-state index in [1.807, 2.05) is 6.07 Å². The number of rotatable bonds is 5. The topological polar surface area (TPSA) is 82.2 Å². The van der Waals surface area contributed by atoms with Crippen molar-refractivity contribution < 1.29 is 9.90 Å². The van der Waals surface area contributed by atoms with E-state index in [2.05, 4.69) is 10.3 Å². The molecule has 110 valence electrons. The fraction of sp³-hybridized carbons (Fsp3) is 0.375. The van der Waals surface area contributed by atoms with Gasteiger partial charge in [0.15, 0.2) is 5.43 Å². The summed E-state index contributed by atoms with van der Waals surface area (Å²) in [6.07, 6.45) is 2.77. The molecule has 0 radical (unpaired) electrons. The second-order valence-electron chi connectivity index (χ2n) is 5.75. The number of aromatic nitrogens is 1. The molecular weight excluding hydrogens is 268 g/mol. The lowest BCUT2D eigenvalue weighted by Crippen LogP contribution is -2.31. The third kappa shape index (κ3) is 2.83. The molecule has 1 aromatic carbocycles. The maximum atomic E-state index is 12.2. The van der Waals surface area contributed by atoms with Gasteiger partial charge in [-0.3, -0.25) is 9.59 Å². The lowest BCUT2D eigenvalue weighted by molar-refractivity contribution is 0.0936. The van der Waals surface area contributed by atoms with Gasteiger partial charge in [-0.25, -0.2) is 0 Å². The van der Waals surface area contributed by atoms with E-state index < -0.39 is 0 Å². The molecule has 0 bridgehead atoms. The summed E-state index contributed by atoms with van der Waals surface area (Å²) in [6, 6.07) is 8.46. The highest BCUT2D eigenvalue weighted by Crippen LogP contribution is 2.47. The molecule has 0 saturated heterocycles. The van der Waals surface area contributed by atoms with Crippen LogP contribution in [-0.4, -0.2) is 29.1 Å². The van der Waals surface area contributed by atoms with Crippen LogP contribution in [0.3, 0.4) is 0 Å². The number of hydrogen-bond donors (Lipinski definition) is 3. The summed E-state index contributed by atoms with van der Waals surface area (Å²) in [4.78, 5) is 27.2. The number of aliphatic hydroxyl groups is 1. The zero-order valence-electron chi connectivity index (χ0n) is 11.7. The van der Waals surface area contributed by atoms with Crippen molar-refractivity contribution in [3.8, 4) is 0 Å². The molecule has 1 heterocycles. The van der Waals surface area contributed by atoms with Crippen LogP contribution in [0.25, 0.3) is 10.9 Å². The number of aromatic amines is 1. The first-order valence-corrected chi connectivity index (χ1v) is 7.15. The van der Waals surface area contributed by atoms with Crippen molar-refractivity contribution in [1.82, 2.24) is 10.3 Å². The Bertz CT molecular complexity index is 732. The summed E-state index contributed by atoms with van der Waals surface area (Å²) in [7, 11) is 0. The van der Waals surface area contributed by atoms with Crippen LogP contribution < -0.4 is 10.7 Å². The number of aliphatic hydroxyl groups excluding tert-OH is 1. The predicted octanol–water partition coefficient (Wildman–Crippen LogP) is 1.42. The van der Waals surface area contributed by atoms with Gasteiger partial charge >= 0.3 is 0 Å². The van der Waals surface area contributed by atoms with E-state index in [0.717, 1.165) is 12.8 Å². The van der Waals surface area contributed by atoms with E-state index in [9.17, 15) is 9.59 Å². The van der Waals surface area contributed by atoms with Crippen LogP contribution in [0.1, 0.15) is 29.8 Å². The fourth-order valence-corrected chi connectivity index (χ4v) is 2.61. The van der Waals surface area contributed by atoms with E-state index in [1.54, 1.807) is 18.2 Å². The third-order valence-corrected chi connectivity index (χ3v) is 4.21. The Hall–Kier alpha value is -2.14. The molecule has 3 N–H and O–H groups in total. The van der Waals surface area contributed by atoms with Crippen LogP contribution >= 0.6 is 0 Å².